The van der Waals surface area contributed by atoms with Crippen LogP contribution in [-0.4, -0.2) is 44.8 Å². The van der Waals surface area contributed by atoms with Crippen LogP contribution in [-0.2, 0) is 0 Å². The van der Waals surface area contributed by atoms with Gasteiger partial charge in [-0.2, -0.15) is 0 Å². The summed E-state index contributed by atoms with van der Waals surface area (Å²) in [6.07, 6.45) is 10.6. The minimum Gasteiger partial charge on any atom is -0.393 e. The summed E-state index contributed by atoms with van der Waals surface area (Å²) in [6.45, 7) is 11.1. The van der Waals surface area contributed by atoms with E-state index in [-0.39, 0.29) is 35.6 Å². The van der Waals surface area contributed by atoms with Crippen molar-refractivity contribution in [3.05, 3.63) is 11.6 Å². The predicted molar refractivity (Wildman–Crippen MR) is 128 cm³/mol. The summed E-state index contributed by atoms with van der Waals surface area (Å²) in [4.78, 5) is 0. The Morgan fingerprint density at radius 2 is 1.75 bits per heavy atom. The molecule has 184 valence electrons. The van der Waals surface area contributed by atoms with E-state index in [1.54, 1.807) is 0 Å². The highest BCUT2D eigenvalue weighted by atomic mass is 16.3. The Balaban J connectivity index is 1.52. The van der Waals surface area contributed by atoms with Crippen molar-refractivity contribution in [1.29, 1.82) is 0 Å². The molecule has 0 amide bonds. The minimum atomic E-state index is -0.980. The molecule has 4 nitrogen and oxygen atoms in total. The van der Waals surface area contributed by atoms with Crippen molar-refractivity contribution in [3.8, 4) is 0 Å². The number of aliphatic hydroxyl groups excluding tert-OH is 3. The van der Waals surface area contributed by atoms with Gasteiger partial charge in [-0.25, -0.2) is 0 Å². The van der Waals surface area contributed by atoms with Gasteiger partial charge in [-0.3, -0.25) is 0 Å². The van der Waals surface area contributed by atoms with E-state index in [1.165, 1.54) is 31.3 Å². The summed E-state index contributed by atoms with van der Waals surface area (Å²) < 4.78 is 0. The van der Waals surface area contributed by atoms with Gasteiger partial charge in [0, 0.05) is 0 Å². The molecule has 0 aromatic heterocycles. The molecule has 0 aliphatic heterocycles. The van der Waals surface area contributed by atoms with Crippen molar-refractivity contribution >= 4 is 0 Å². The van der Waals surface area contributed by atoms with Gasteiger partial charge in [-0.1, -0.05) is 46.3 Å². The Hall–Kier alpha value is -0.420. The van der Waals surface area contributed by atoms with Gasteiger partial charge in [0.15, 0.2) is 0 Å². The first-order chi connectivity index (χ1) is 15.0. The smallest absolute Gasteiger partial charge is 0.0900 e. The molecule has 4 N–H and O–H groups in total. The van der Waals surface area contributed by atoms with Crippen LogP contribution in [0, 0.1) is 46.3 Å². The standard InChI is InChI=1S/C28H48O4/c1-17(2)28(32,16-29)13-8-18(3)21-6-7-22-25-23(10-12-27(21,22)5)26(4)11-9-20(30)14-19(26)15-24(25)31/h15,17-18,20-25,29-32H,6-14,16H2,1-5H3/t18-,20+,21-,22+,23+,24-,25+,26+,27-,28+/m1/s1. The maximum atomic E-state index is 11.3. The van der Waals surface area contributed by atoms with Gasteiger partial charge in [0.25, 0.3) is 0 Å². The molecule has 0 saturated heterocycles. The van der Waals surface area contributed by atoms with Crippen LogP contribution in [0.4, 0.5) is 0 Å². The quantitative estimate of drug-likeness (QED) is 0.444. The molecule has 0 spiro atoms. The zero-order chi connectivity index (χ0) is 23.5. The molecule has 0 bridgehead atoms. The Morgan fingerprint density at radius 3 is 2.41 bits per heavy atom. The number of hydrogen-bond acceptors (Lipinski definition) is 4. The highest BCUT2D eigenvalue weighted by Gasteiger charge is 2.61. The van der Waals surface area contributed by atoms with Crippen molar-refractivity contribution in [2.45, 2.75) is 110 Å². The van der Waals surface area contributed by atoms with Gasteiger partial charge >= 0.3 is 0 Å². The SMILES string of the molecule is CC(C)[C@@](O)(CO)CC[C@@H](C)[C@H]1CC[C@H]2[C@@H]3[C@H](O)C=C4C[C@@H](O)CC[C@]4(C)[C@H]3CC[C@]12C. The van der Waals surface area contributed by atoms with Crippen LogP contribution in [0.5, 0.6) is 0 Å². The van der Waals surface area contributed by atoms with Gasteiger partial charge in [-0.15, -0.1) is 0 Å². The molecule has 0 aromatic rings. The van der Waals surface area contributed by atoms with Crippen LogP contribution >= 0.6 is 0 Å². The summed E-state index contributed by atoms with van der Waals surface area (Å²) >= 11 is 0. The lowest BCUT2D eigenvalue weighted by Crippen LogP contribution is -2.55. The van der Waals surface area contributed by atoms with Crippen LogP contribution < -0.4 is 0 Å². The lowest BCUT2D eigenvalue weighted by Gasteiger charge is -2.59. The normalized spacial score (nSPS) is 46.6. The van der Waals surface area contributed by atoms with E-state index in [0.717, 1.165) is 25.7 Å². The molecule has 0 unspecified atom stereocenters. The second kappa shape index (κ2) is 8.66. The number of fused-ring (bicyclic) bond motifs is 5. The Kier molecular flexibility index (Phi) is 6.68. The van der Waals surface area contributed by atoms with Crippen LogP contribution in [0.3, 0.4) is 0 Å². The summed E-state index contributed by atoms with van der Waals surface area (Å²) in [7, 11) is 0. The molecule has 4 heteroatoms. The van der Waals surface area contributed by atoms with E-state index in [9.17, 15) is 20.4 Å². The first-order valence-corrected chi connectivity index (χ1v) is 13.4. The first kappa shape index (κ1) is 24.7. The summed E-state index contributed by atoms with van der Waals surface area (Å²) in [6, 6.07) is 0. The van der Waals surface area contributed by atoms with E-state index in [1.807, 2.05) is 13.8 Å². The maximum absolute atomic E-state index is 11.3. The van der Waals surface area contributed by atoms with Gasteiger partial charge in [0.2, 0.25) is 0 Å². The Labute approximate surface area is 195 Å². The highest BCUT2D eigenvalue weighted by molar-refractivity contribution is 5.27. The molecule has 3 saturated carbocycles. The fourth-order valence-electron chi connectivity index (χ4n) is 8.83. The maximum Gasteiger partial charge on any atom is 0.0900 e. The van der Waals surface area contributed by atoms with E-state index in [4.69, 9.17) is 0 Å². The topological polar surface area (TPSA) is 80.9 Å². The lowest BCUT2D eigenvalue weighted by molar-refractivity contribution is -0.0995. The van der Waals surface area contributed by atoms with Crippen molar-refractivity contribution in [2.75, 3.05) is 6.61 Å². The Morgan fingerprint density at radius 1 is 1.03 bits per heavy atom. The van der Waals surface area contributed by atoms with Crippen LogP contribution in [0.1, 0.15) is 92.4 Å². The predicted octanol–water partition coefficient (Wildman–Crippen LogP) is 4.69. The van der Waals surface area contributed by atoms with Gasteiger partial charge in [0.05, 0.1) is 24.4 Å². The van der Waals surface area contributed by atoms with Gasteiger partial charge in [0.1, 0.15) is 0 Å². The van der Waals surface area contributed by atoms with Crippen molar-refractivity contribution in [3.63, 3.8) is 0 Å². The average Bonchev–Trinajstić information content (AvgIpc) is 3.10. The van der Waals surface area contributed by atoms with Crippen molar-refractivity contribution < 1.29 is 20.4 Å². The summed E-state index contributed by atoms with van der Waals surface area (Å²) in [5.41, 5.74) is 0.718. The molecular weight excluding hydrogens is 400 g/mol. The fraction of sp³-hybridized carbons (Fsp3) is 0.929. The molecule has 32 heavy (non-hydrogen) atoms. The van der Waals surface area contributed by atoms with E-state index in [0.29, 0.717) is 36.0 Å². The Bertz CT molecular complexity index is 718. The fourth-order valence-corrected chi connectivity index (χ4v) is 8.83. The number of hydrogen-bond donors (Lipinski definition) is 4. The molecule has 0 radical (unpaired) electrons. The molecule has 4 aliphatic rings. The zero-order valence-corrected chi connectivity index (χ0v) is 21.1. The number of aliphatic hydroxyl groups is 4. The third-order valence-corrected chi connectivity index (χ3v) is 11.2. The molecular formula is C28H48O4. The van der Waals surface area contributed by atoms with Crippen molar-refractivity contribution in [1.82, 2.24) is 0 Å². The summed E-state index contributed by atoms with van der Waals surface area (Å²) in [5.74, 6) is 2.58. The molecule has 0 heterocycles. The van der Waals surface area contributed by atoms with Gasteiger partial charge in [-0.05, 0) is 104 Å². The van der Waals surface area contributed by atoms with Crippen LogP contribution in [0.2, 0.25) is 0 Å². The van der Waals surface area contributed by atoms with Gasteiger partial charge < -0.3 is 20.4 Å². The van der Waals surface area contributed by atoms with E-state index in [2.05, 4.69) is 26.8 Å². The molecule has 4 rings (SSSR count). The monoisotopic (exact) mass is 448 g/mol. The highest BCUT2D eigenvalue weighted by Crippen LogP contribution is 2.67. The average molecular weight is 449 g/mol. The van der Waals surface area contributed by atoms with E-state index >= 15 is 0 Å². The second-order valence-electron chi connectivity index (χ2n) is 12.9. The van der Waals surface area contributed by atoms with Crippen molar-refractivity contribution in [2.24, 2.45) is 46.3 Å². The van der Waals surface area contributed by atoms with Crippen LogP contribution in [0.15, 0.2) is 11.6 Å². The second-order valence-corrected chi connectivity index (χ2v) is 12.9. The molecule has 4 aliphatic carbocycles. The third kappa shape index (κ3) is 3.82. The molecule has 10 atom stereocenters. The first-order valence-electron chi connectivity index (χ1n) is 13.4. The molecule has 3 fully saturated rings. The minimum absolute atomic E-state index is 0.0511. The largest absolute Gasteiger partial charge is 0.393 e. The number of rotatable bonds is 6. The molecule has 0 aromatic carbocycles. The van der Waals surface area contributed by atoms with E-state index < -0.39 is 5.60 Å². The summed E-state index contributed by atoms with van der Waals surface area (Å²) in [5, 5.41) is 42.1. The van der Waals surface area contributed by atoms with Crippen LogP contribution in [0.25, 0.3) is 0 Å². The third-order valence-electron chi connectivity index (χ3n) is 11.2. The zero-order valence-electron chi connectivity index (χ0n) is 21.1. The lowest BCUT2D eigenvalue weighted by atomic mass is 9.46.